The van der Waals surface area contributed by atoms with Crippen molar-refractivity contribution in [3.8, 4) is 0 Å². The second-order valence-electron chi connectivity index (χ2n) is 5.49. The Hall–Kier alpha value is -2.26. The van der Waals surface area contributed by atoms with Gasteiger partial charge in [0.1, 0.15) is 6.33 Å². The van der Waals surface area contributed by atoms with E-state index >= 15 is 0 Å². The summed E-state index contributed by atoms with van der Waals surface area (Å²) in [6.45, 7) is 2.76. The summed E-state index contributed by atoms with van der Waals surface area (Å²) in [5.41, 5.74) is 1.94. The highest BCUT2D eigenvalue weighted by molar-refractivity contribution is 9.10. The number of aromatic nitrogens is 4. The van der Waals surface area contributed by atoms with Gasteiger partial charge in [-0.2, -0.15) is 0 Å². The molecule has 0 radical (unpaired) electrons. The van der Waals surface area contributed by atoms with E-state index in [-0.39, 0.29) is 23.1 Å². The number of carbonyl (C=O) groups is 1. The van der Waals surface area contributed by atoms with Gasteiger partial charge in [-0.15, -0.1) is 5.10 Å². The summed E-state index contributed by atoms with van der Waals surface area (Å²) in [6.07, 6.45) is 1.77. The van der Waals surface area contributed by atoms with Gasteiger partial charge in [0, 0.05) is 28.5 Å². The Morgan fingerprint density at radius 3 is 2.76 bits per heavy atom. The summed E-state index contributed by atoms with van der Waals surface area (Å²) in [6, 6.07) is 7.91. The molecule has 0 aliphatic rings. The largest absolute Gasteiger partial charge is 0.307 e. The van der Waals surface area contributed by atoms with Crippen LogP contribution in [0, 0.1) is 6.92 Å². The molecule has 7 nitrogen and oxygen atoms in total. The first-order valence-corrected chi connectivity index (χ1v) is 9.27. The Morgan fingerprint density at radius 1 is 1.32 bits per heavy atom. The third kappa shape index (κ3) is 4.64. The van der Waals surface area contributed by atoms with E-state index in [1.54, 1.807) is 21.0 Å². The predicted octanol–water partition coefficient (Wildman–Crippen LogP) is 2.65. The second kappa shape index (κ2) is 7.75. The molecular formula is C16H16BrN5O2S. The van der Waals surface area contributed by atoms with Gasteiger partial charge in [0.05, 0.1) is 6.54 Å². The first-order chi connectivity index (χ1) is 12.0. The minimum Gasteiger partial charge on any atom is -0.303 e. The lowest BCUT2D eigenvalue weighted by molar-refractivity contribution is -0.116. The van der Waals surface area contributed by atoms with Crippen LogP contribution >= 0.6 is 27.3 Å². The van der Waals surface area contributed by atoms with E-state index in [9.17, 15) is 9.59 Å². The lowest BCUT2D eigenvalue weighted by atomic mass is 10.2. The Kier molecular flexibility index (Phi) is 5.44. The number of nitrogens with zero attached hydrogens (tertiary/aromatic N) is 4. The Balaban J connectivity index is 1.54. The zero-order valence-corrected chi connectivity index (χ0v) is 15.9. The molecule has 0 fully saturated rings. The van der Waals surface area contributed by atoms with Crippen molar-refractivity contribution in [2.75, 3.05) is 5.32 Å². The van der Waals surface area contributed by atoms with Gasteiger partial charge >= 0.3 is 4.87 Å². The average Bonchev–Trinajstić information content (AvgIpc) is 3.14. The molecule has 0 unspecified atom stereocenters. The van der Waals surface area contributed by atoms with Crippen molar-refractivity contribution in [1.82, 2.24) is 19.3 Å². The van der Waals surface area contributed by atoms with Gasteiger partial charge in [-0.1, -0.05) is 39.4 Å². The van der Waals surface area contributed by atoms with Crippen LogP contribution in [0.4, 0.5) is 5.95 Å². The fourth-order valence-corrected chi connectivity index (χ4v) is 3.31. The van der Waals surface area contributed by atoms with E-state index in [4.69, 9.17) is 0 Å². The number of aryl methyl sites for hydroxylation is 1. The van der Waals surface area contributed by atoms with E-state index in [1.807, 2.05) is 31.2 Å². The van der Waals surface area contributed by atoms with Gasteiger partial charge in [0.15, 0.2) is 0 Å². The van der Waals surface area contributed by atoms with Crippen LogP contribution in [0.3, 0.4) is 0 Å². The molecule has 1 amide bonds. The predicted molar refractivity (Wildman–Crippen MR) is 99.8 cm³/mol. The molecule has 9 heteroatoms. The van der Waals surface area contributed by atoms with Gasteiger partial charge in [0.25, 0.3) is 0 Å². The molecule has 0 saturated carbocycles. The molecule has 0 atom stereocenters. The van der Waals surface area contributed by atoms with Crippen molar-refractivity contribution in [1.29, 1.82) is 0 Å². The third-order valence-corrected chi connectivity index (χ3v) is 4.99. The number of hydrogen-bond acceptors (Lipinski definition) is 5. The summed E-state index contributed by atoms with van der Waals surface area (Å²) < 4.78 is 4.26. The molecule has 25 heavy (non-hydrogen) atoms. The third-order valence-electron chi connectivity index (χ3n) is 3.58. The van der Waals surface area contributed by atoms with Crippen LogP contribution in [-0.4, -0.2) is 25.2 Å². The maximum Gasteiger partial charge on any atom is 0.307 e. The number of rotatable bonds is 6. The Morgan fingerprint density at radius 2 is 2.08 bits per heavy atom. The van der Waals surface area contributed by atoms with Crippen molar-refractivity contribution in [3.05, 3.63) is 61.4 Å². The lowest BCUT2D eigenvalue weighted by Gasteiger charge is -2.04. The number of anilines is 1. The molecule has 0 aliphatic carbocycles. The number of amides is 1. The van der Waals surface area contributed by atoms with Crippen molar-refractivity contribution in [3.63, 3.8) is 0 Å². The summed E-state index contributed by atoms with van der Waals surface area (Å²) in [5, 5.41) is 8.68. The zero-order chi connectivity index (χ0) is 17.8. The van der Waals surface area contributed by atoms with Crippen LogP contribution in [-0.2, 0) is 17.9 Å². The van der Waals surface area contributed by atoms with Crippen LogP contribution in [0.15, 0.2) is 45.2 Å². The maximum atomic E-state index is 12.0. The summed E-state index contributed by atoms with van der Waals surface area (Å²) >= 11 is 4.53. The number of thiazole rings is 1. The first-order valence-electron chi connectivity index (χ1n) is 7.60. The van der Waals surface area contributed by atoms with E-state index in [0.29, 0.717) is 13.1 Å². The van der Waals surface area contributed by atoms with Gasteiger partial charge in [0.2, 0.25) is 11.9 Å². The van der Waals surface area contributed by atoms with Gasteiger partial charge in [-0.25, -0.2) is 9.67 Å². The van der Waals surface area contributed by atoms with Crippen LogP contribution in [0.2, 0.25) is 0 Å². The molecule has 130 valence electrons. The molecule has 0 spiro atoms. The van der Waals surface area contributed by atoms with Crippen molar-refractivity contribution < 1.29 is 4.79 Å². The maximum absolute atomic E-state index is 12.0. The molecule has 1 aromatic carbocycles. The highest BCUT2D eigenvalue weighted by Gasteiger charge is 2.09. The van der Waals surface area contributed by atoms with Crippen molar-refractivity contribution >= 4 is 39.1 Å². The second-order valence-corrected chi connectivity index (χ2v) is 7.22. The summed E-state index contributed by atoms with van der Waals surface area (Å²) in [7, 11) is 0. The Labute approximate surface area is 156 Å². The molecule has 3 aromatic rings. The molecule has 0 saturated heterocycles. The molecular weight excluding hydrogens is 406 g/mol. The molecule has 0 aliphatic heterocycles. The molecule has 1 N–H and O–H groups in total. The fourth-order valence-electron chi connectivity index (χ4n) is 2.28. The fraction of sp³-hybridized carbons (Fsp3) is 0.250. The summed E-state index contributed by atoms with van der Waals surface area (Å²) in [4.78, 5) is 27.7. The summed E-state index contributed by atoms with van der Waals surface area (Å²) in [5.74, 6) is 0.0374. The molecule has 3 rings (SSSR count). The molecule has 0 bridgehead atoms. The number of hydrogen-bond donors (Lipinski definition) is 1. The van der Waals surface area contributed by atoms with Crippen LogP contribution in [0.1, 0.15) is 17.7 Å². The van der Waals surface area contributed by atoms with E-state index in [1.165, 1.54) is 0 Å². The van der Waals surface area contributed by atoms with E-state index in [0.717, 1.165) is 27.1 Å². The lowest BCUT2D eigenvalue weighted by Crippen LogP contribution is -2.20. The zero-order valence-electron chi connectivity index (χ0n) is 13.5. The normalized spacial score (nSPS) is 10.8. The number of carbonyl (C=O) groups excluding carboxylic acids is 1. The van der Waals surface area contributed by atoms with Gasteiger partial charge in [-0.3, -0.25) is 14.9 Å². The molecule has 2 heterocycles. The van der Waals surface area contributed by atoms with Crippen molar-refractivity contribution in [2.45, 2.75) is 26.4 Å². The first kappa shape index (κ1) is 17.6. The van der Waals surface area contributed by atoms with Crippen LogP contribution < -0.4 is 10.2 Å². The van der Waals surface area contributed by atoms with E-state index in [2.05, 4.69) is 31.3 Å². The number of halogens is 1. The quantitative estimate of drug-likeness (QED) is 0.662. The highest BCUT2D eigenvalue weighted by Crippen LogP contribution is 2.11. The smallest absolute Gasteiger partial charge is 0.303 e. The molecule has 2 aromatic heterocycles. The number of nitrogens with one attached hydrogen (secondary N) is 1. The highest BCUT2D eigenvalue weighted by atomic mass is 79.9. The van der Waals surface area contributed by atoms with Gasteiger partial charge < -0.3 is 4.57 Å². The van der Waals surface area contributed by atoms with E-state index < -0.39 is 0 Å². The minimum atomic E-state index is -0.223. The number of benzene rings is 1. The van der Waals surface area contributed by atoms with Crippen LogP contribution in [0.5, 0.6) is 0 Å². The SMILES string of the molecule is Cc1csc(=O)n1CCC(=O)Nc1ncn(Cc2ccc(Br)cc2)n1. The standard InChI is InChI=1S/C16H16BrN5O2S/c1-11-9-25-16(24)22(11)7-6-14(23)19-15-18-10-21(20-15)8-12-2-4-13(17)5-3-12/h2-5,9-10H,6-8H2,1H3,(H,19,20,23). The topological polar surface area (TPSA) is 81.8 Å². The van der Waals surface area contributed by atoms with Crippen molar-refractivity contribution in [2.24, 2.45) is 0 Å². The minimum absolute atomic E-state index is 0.0535. The Bertz CT molecular complexity index is 929. The van der Waals surface area contributed by atoms with Crippen LogP contribution in [0.25, 0.3) is 0 Å². The average molecular weight is 422 g/mol. The van der Waals surface area contributed by atoms with Gasteiger partial charge in [-0.05, 0) is 24.6 Å². The monoisotopic (exact) mass is 421 g/mol.